The van der Waals surface area contributed by atoms with Crippen molar-refractivity contribution in [3.63, 3.8) is 0 Å². The average molecular weight is 1480 g/mol. The molecule has 3 N–H and O–H groups in total. The number of anilines is 2. The maximum Gasteiger partial charge on any atom is 0.251 e. The lowest BCUT2D eigenvalue weighted by molar-refractivity contribution is -0.147. The summed E-state index contributed by atoms with van der Waals surface area (Å²) in [6.07, 6.45) is 7.63. The number of likely N-dealkylation sites (tertiary alicyclic amines) is 3. The van der Waals surface area contributed by atoms with Crippen molar-refractivity contribution in [1.82, 2.24) is 34.8 Å². The number of hydrogen-bond acceptors (Lipinski definition) is 15. The van der Waals surface area contributed by atoms with Gasteiger partial charge in [-0.05, 0) is 195 Å². The van der Waals surface area contributed by atoms with E-state index in [4.69, 9.17) is 16.3 Å². The molecular formula is C86H112ClN9O7S2. The van der Waals surface area contributed by atoms with Gasteiger partial charge in [0.05, 0.1) is 47.9 Å². The van der Waals surface area contributed by atoms with Crippen molar-refractivity contribution in [2.75, 3.05) is 121 Å². The number of ether oxygens (including phenoxy) is 1. The Kier molecular flexibility index (Phi) is 26.7. The van der Waals surface area contributed by atoms with Gasteiger partial charge in [-0.3, -0.25) is 33.8 Å². The maximum atomic E-state index is 14.5. The number of piperazine rings is 1. The summed E-state index contributed by atoms with van der Waals surface area (Å²) < 4.78 is 5.61. The number of thiazole rings is 1. The molecule has 6 atom stereocenters. The SMILES string of the molecule is Cc1cc(CNC(=O)c2ccc(N3CCN(CC4=C(c5ccc(Cl)cc5)CCC(C)(CN5CCC(C6CCN(C(=O)CC(=O)C[C@H](C(=O)N7C[C@H](O)C[C@H]7C(=O)C[C@@H](C)c7ccc(-c8scnc8C)cc7)C(C)(C)C)CC6)CC5)C4)CC3)cc2)ccc1N[C@H](CCN1CCOCC1)CSc1ccccc1. The van der Waals surface area contributed by atoms with Crippen molar-refractivity contribution in [2.24, 2.45) is 28.6 Å². The Morgan fingerprint density at radius 3 is 2.13 bits per heavy atom. The normalized spacial score (nSPS) is 21.5. The molecule has 6 aromatic rings. The first kappa shape index (κ1) is 77.9. The Bertz CT molecular complexity index is 3930. The predicted octanol–water partition coefficient (Wildman–Crippen LogP) is 14.8. The Morgan fingerprint density at radius 1 is 0.781 bits per heavy atom. The van der Waals surface area contributed by atoms with Gasteiger partial charge in [-0.1, -0.05) is 119 Å². The molecule has 6 heterocycles. The monoisotopic (exact) mass is 1480 g/mol. The van der Waals surface area contributed by atoms with Crippen molar-refractivity contribution in [3.8, 4) is 10.4 Å². The molecule has 19 heteroatoms. The molecule has 562 valence electrons. The van der Waals surface area contributed by atoms with Crippen molar-refractivity contribution in [2.45, 2.75) is 161 Å². The molecule has 5 aromatic carbocycles. The van der Waals surface area contributed by atoms with E-state index in [1.54, 1.807) is 16.9 Å². The van der Waals surface area contributed by atoms with Gasteiger partial charge < -0.3 is 40.1 Å². The van der Waals surface area contributed by atoms with Crippen LogP contribution in [0, 0.1) is 42.4 Å². The number of aliphatic hydroxyl groups excluding tert-OH is 1. The van der Waals surface area contributed by atoms with Gasteiger partial charge in [0.1, 0.15) is 5.78 Å². The second kappa shape index (κ2) is 36.0. The first-order valence-corrected chi connectivity index (χ1v) is 41.0. The lowest BCUT2D eigenvalue weighted by Crippen LogP contribution is -2.48. The fourth-order valence-corrected chi connectivity index (χ4v) is 19.1. The number of morpholine rings is 1. The van der Waals surface area contributed by atoms with E-state index >= 15 is 0 Å². The number of benzene rings is 5. The molecule has 105 heavy (non-hydrogen) atoms. The molecule has 1 aliphatic carbocycles. The number of amides is 3. The van der Waals surface area contributed by atoms with Gasteiger partial charge in [-0.25, -0.2) is 4.98 Å². The van der Waals surface area contributed by atoms with Gasteiger partial charge in [0, 0.05) is 149 Å². The van der Waals surface area contributed by atoms with Crippen LogP contribution < -0.4 is 15.5 Å². The fraction of sp³-hybridized carbons (Fsp3) is 0.535. The van der Waals surface area contributed by atoms with E-state index in [1.807, 2.05) is 93.2 Å². The van der Waals surface area contributed by atoms with E-state index in [0.717, 1.165) is 186 Å². The lowest BCUT2D eigenvalue weighted by atomic mass is 9.70. The quantitative estimate of drug-likeness (QED) is 0.0313. The summed E-state index contributed by atoms with van der Waals surface area (Å²) in [6, 6.07) is 41.4. The molecule has 0 bridgehead atoms. The van der Waals surface area contributed by atoms with Crippen LogP contribution in [0.25, 0.3) is 16.0 Å². The smallest absolute Gasteiger partial charge is 0.251 e. The number of carbonyl (C=O) groups excluding carboxylic acids is 5. The topological polar surface area (TPSA) is 171 Å². The fourth-order valence-electron chi connectivity index (χ4n) is 17.2. The maximum absolute atomic E-state index is 14.5. The highest BCUT2D eigenvalue weighted by Crippen LogP contribution is 2.46. The van der Waals surface area contributed by atoms with E-state index in [0.29, 0.717) is 43.1 Å². The van der Waals surface area contributed by atoms with Gasteiger partial charge in [0.15, 0.2) is 5.78 Å². The average Bonchev–Trinajstić information content (AvgIpc) is 1.68. The van der Waals surface area contributed by atoms with Crippen molar-refractivity contribution >= 4 is 80.9 Å². The highest BCUT2D eigenvalue weighted by atomic mass is 35.5. The first-order chi connectivity index (χ1) is 50.6. The summed E-state index contributed by atoms with van der Waals surface area (Å²) in [5.41, 5.74) is 13.9. The predicted molar refractivity (Wildman–Crippen MR) is 426 cm³/mol. The number of β-amino-alcohol motifs (C(OH)–C–C–N with tert-alkyl or cyclic N) is 1. The largest absolute Gasteiger partial charge is 0.391 e. The summed E-state index contributed by atoms with van der Waals surface area (Å²) in [7, 11) is 0. The van der Waals surface area contributed by atoms with Crippen LogP contribution in [0.5, 0.6) is 0 Å². The number of rotatable bonds is 28. The minimum atomic E-state index is -0.835. The summed E-state index contributed by atoms with van der Waals surface area (Å²) in [5, 5.41) is 18.7. The molecule has 12 rings (SSSR count). The van der Waals surface area contributed by atoms with Crippen molar-refractivity contribution in [3.05, 3.63) is 171 Å². The molecule has 1 aromatic heterocycles. The molecule has 5 fully saturated rings. The molecule has 0 radical (unpaired) electrons. The zero-order chi connectivity index (χ0) is 73.8. The minimum Gasteiger partial charge on any atom is -0.391 e. The van der Waals surface area contributed by atoms with Gasteiger partial charge in [0.25, 0.3) is 5.91 Å². The molecule has 16 nitrogen and oxygen atoms in total. The molecular weight excluding hydrogens is 1370 g/mol. The molecule has 6 aliphatic rings. The van der Waals surface area contributed by atoms with Crippen LogP contribution in [0.3, 0.4) is 0 Å². The number of aryl methyl sites for hydroxylation is 2. The third-order valence-corrected chi connectivity index (χ3v) is 26.0. The highest BCUT2D eigenvalue weighted by molar-refractivity contribution is 7.99. The Labute approximate surface area is 637 Å². The zero-order valence-electron chi connectivity index (χ0n) is 63.1. The number of allylic oxidation sites excluding steroid dienone is 1. The number of carbonyl (C=O) groups is 5. The van der Waals surface area contributed by atoms with E-state index < -0.39 is 23.5 Å². The number of aliphatic hydroxyl groups is 1. The van der Waals surface area contributed by atoms with Crippen LogP contribution in [0.15, 0.2) is 137 Å². The van der Waals surface area contributed by atoms with Crippen molar-refractivity contribution < 1.29 is 33.8 Å². The molecule has 5 saturated heterocycles. The lowest BCUT2D eigenvalue weighted by Gasteiger charge is -2.45. The standard InChI is InChI=1S/C86H112ClN9O7S2/c1-59(63-14-16-67(17-15-63)82-61(3)89-58-105-82)48-80(99)79-50-74(98)55-96(79)84(102)77(85(4,5)6)49-73(97)51-81(100)95-37-30-65(31-38-95)64-28-34-93(35-29-64)57-86(7)33-27-76(66-18-22-70(87)23-19-66)69(52-86)54-92-39-41-94(42-40-92)72-24-20-68(21-25-72)83(101)88-53-62-13-26-78(60(2)47-62)90-71(32-36-91-43-45-103-46-44-91)56-104-75-11-9-8-10-12-75/h8-26,47,58-59,64-65,71,74,77,79,90,98H,27-46,48-57H2,1-7H3,(H,88,101)/t59-,71-,74-,77-,79+,86?/m1/s1. The molecule has 0 spiro atoms. The van der Waals surface area contributed by atoms with Crippen LogP contribution in [-0.2, 0) is 30.5 Å². The number of Topliss-reactive ketones (excluding diaryl/α,β-unsaturated/α-hetero) is 2. The van der Waals surface area contributed by atoms with Gasteiger partial charge in [-0.2, -0.15) is 0 Å². The summed E-state index contributed by atoms with van der Waals surface area (Å²) in [5.74, 6) is 0.339. The van der Waals surface area contributed by atoms with E-state index in [9.17, 15) is 29.1 Å². The minimum absolute atomic E-state index is 0.0426. The van der Waals surface area contributed by atoms with Crippen LogP contribution in [0.1, 0.15) is 156 Å². The van der Waals surface area contributed by atoms with Crippen LogP contribution in [0.4, 0.5) is 11.4 Å². The van der Waals surface area contributed by atoms with E-state index in [1.165, 1.54) is 26.5 Å². The highest BCUT2D eigenvalue weighted by Gasteiger charge is 2.45. The summed E-state index contributed by atoms with van der Waals surface area (Å²) >= 11 is 9.96. The number of ketones is 2. The number of hydrogen-bond donors (Lipinski definition) is 3. The van der Waals surface area contributed by atoms with Crippen LogP contribution >= 0.6 is 34.7 Å². The van der Waals surface area contributed by atoms with Gasteiger partial charge in [-0.15, -0.1) is 23.1 Å². The van der Waals surface area contributed by atoms with E-state index in [2.05, 4.69) is 134 Å². The summed E-state index contributed by atoms with van der Waals surface area (Å²) in [4.78, 5) is 90.4. The van der Waals surface area contributed by atoms with Crippen LogP contribution in [0.2, 0.25) is 5.02 Å². The second-order valence-corrected chi connectivity index (χ2v) is 34.8. The molecule has 0 saturated carbocycles. The van der Waals surface area contributed by atoms with E-state index in [-0.39, 0.29) is 72.8 Å². The van der Waals surface area contributed by atoms with Gasteiger partial charge >= 0.3 is 0 Å². The number of aromatic nitrogens is 1. The van der Waals surface area contributed by atoms with Gasteiger partial charge in [0.2, 0.25) is 11.8 Å². The Hall–Kier alpha value is -6.74. The molecule has 1 unspecified atom stereocenters. The molecule has 3 amide bonds. The number of nitrogens with zero attached hydrogens (tertiary/aromatic N) is 7. The van der Waals surface area contributed by atoms with Crippen LogP contribution in [-0.4, -0.2) is 193 Å². The van der Waals surface area contributed by atoms with Crippen molar-refractivity contribution in [1.29, 1.82) is 0 Å². The molecule has 5 aliphatic heterocycles. The Balaban J connectivity index is 0.573. The third-order valence-electron chi connectivity index (χ3n) is 23.6. The second-order valence-electron chi connectivity index (χ2n) is 32.5. The third kappa shape index (κ3) is 20.9. The number of nitrogens with one attached hydrogen (secondary N) is 2. The summed E-state index contributed by atoms with van der Waals surface area (Å²) in [6.45, 7) is 28.7. The number of thioether (sulfide) groups is 1. The number of piperidine rings is 2. The Morgan fingerprint density at radius 2 is 1.47 bits per heavy atom. The number of halogens is 1. The first-order valence-electron chi connectivity index (χ1n) is 38.8. The zero-order valence-corrected chi connectivity index (χ0v) is 65.5.